The first-order valence-corrected chi connectivity index (χ1v) is 9.36. The molecule has 0 saturated heterocycles. The molecule has 0 fully saturated rings. The van der Waals surface area contributed by atoms with Crippen LogP contribution in [0.1, 0.15) is 36.4 Å². The van der Waals surface area contributed by atoms with Gasteiger partial charge in [-0.1, -0.05) is 41.4 Å². The monoisotopic (exact) mass is 413 g/mol. The number of ether oxygens (including phenoxy) is 1. The molecule has 3 aromatic rings. The number of amides is 1. The molecular formula is C21H20ClN3O4. The number of aromatic nitrogens is 2. The zero-order valence-electron chi connectivity index (χ0n) is 16.0. The highest BCUT2D eigenvalue weighted by molar-refractivity contribution is 6.30. The van der Waals surface area contributed by atoms with Gasteiger partial charge >= 0.3 is 5.97 Å². The van der Waals surface area contributed by atoms with Crippen LogP contribution in [0.5, 0.6) is 0 Å². The summed E-state index contributed by atoms with van der Waals surface area (Å²) in [5.74, 6) is -0.235. The molecule has 29 heavy (non-hydrogen) atoms. The fourth-order valence-electron chi connectivity index (χ4n) is 2.69. The summed E-state index contributed by atoms with van der Waals surface area (Å²) in [5, 5.41) is 11.2. The van der Waals surface area contributed by atoms with Crippen molar-refractivity contribution >= 4 is 23.5 Å². The van der Waals surface area contributed by atoms with Crippen molar-refractivity contribution in [2.45, 2.75) is 32.9 Å². The van der Waals surface area contributed by atoms with Crippen LogP contribution in [-0.4, -0.2) is 22.1 Å². The second-order valence-corrected chi connectivity index (χ2v) is 6.97. The molecule has 0 aliphatic heterocycles. The average Bonchev–Trinajstić information content (AvgIpc) is 3.16. The van der Waals surface area contributed by atoms with Gasteiger partial charge in [-0.05, 0) is 36.8 Å². The van der Waals surface area contributed by atoms with Gasteiger partial charge in [-0.25, -0.2) is 0 Å². The standard InChI is InChI=1S/C21H20ClN3O4/c1-13-3-5-15(6-4-13)18(23-14(2)26)11-20(27)28-12-19-24-25-21(29-19)16-7-9-17(22)10-8-16/h3-10,18H,11-12H2,1-2H3,(H,23,26). The number of esters is 1. The summed E-state index contributed by atoms with van der Waals surface area (Å²) < 4.78 is 10.8. The van der Waals surface area contributed by atoms with E-state index in [1.165, 1.54) is 6.92 Å². The van der Waals surface area contributed by atoms with Gasteiger partial charge in [0.2, 0.25) is 11.8 Å². The van der Waals surface area contributed by atoms with Crippen molar-refractivity contribution in [2.24, 2.45) is 0 Å². The Morgan fingerprint density at radius 2 is 1.79 bits per heavy atom. The minimum Gasteiger partial charge on any atom is -0.456 e. The zero-order valence-corrected chi connectivity index (χ0v) is 16.8. The zero-order chi connectivity index (χ0) is 20.8. The number of halogens is 1. The van der Waals surface area contributed by atoms with Crippen molar-refractivity contribution in [3.05, 3.63) is 70.6 Å². The largest absolute Gasteiger partial charge is 0.456 e. The van der Waals surface area contributed by atoms with Crippen molar-refractivity contribution in [3.63, 3.8) is 0 Å². The third kappa shape index (κ3) is 5.89. The van der Waals surface area contributed by atoms with Crippen molar-refractivity contribution < 1.29 is 18.7 Å². The molecular weight excluding hydrogens is 394 g/mol. The van der Waals surface area contributed by atoms with E-state index >= 15 is 0 Å². The van der Waals surface area contributed by atoms with Crippen LogP contribution in [0.15, 0.2) is 52.9 Å². The Kier molecular flexibility index (Phi) is 6.61. The van der Waals surface area contributed by atoms with Crippen LogP contribution in [0.25, 0.3) is 11.5 Å². The number of hydrogen-bond acceptors (Lipinski definition) is 6. The van der Waals surface area contributed by atoms with Gasteiger partial charge < -0.3 is 14.5 Å². The van der Waals surface area contributed by atoms with Crippen LogP contribution in [0, 0.1) is 6.92 Å². The number of nitrogens with zero attached hydrogens (tertiary/aromatic N) is 2. The van der Waals surface area contributed by atoms with E-state index in [0.717, 1.165) is 11.1 Å². The van der Waals surface area contributed by atoms with Gasteiger partial charge in [0.25, 0.3) is 5.89 Å². The highest BCUT2D eigenvalue weighted by Gasteiger charge is 2.19. The van der Waals surface area contributed by atoms with E-state index in [1.807, 2.05) is 31.2 Å². The van der Waals surface area contributed by atoms with E-state index in [9.17, 15) is 9.59 Å². The molecule has 0 aliphatic rings. The molecule has 1 heterocycles. The second-order valence-electron chi connectivity index (χ2n) is 6.54. The molecule has 1 amide bonds. The Balaban J connectivity index is 1.59. The van der Waals surface area contributed by atoms with Crippen LogP contribution in [0.4, 0.5) is 0 Å². The van der Waals surface area contributed by atoms with Gasteiger partial charge in [-0.3, -0.25) is 9.59 Å². The van der Waals surface area contributed by atoms with Crippen LogP contribution < -0.4 is 5.32 Å². The lowest BCUT2D eigenvalue weighted by atomic mass is 10.0. The smallest absolute Gasteiger partial charge is 0.308 e. The number of carbonyl (C=O) groups is 2. The van der Waals surface area contributed by atoms with Gasteiger partial charge in [-0.2, -0.15) is 0 Å². The number of rotatable bonds is 7. The minimum absolute atomic E-state index is 0.0131. The predicted octanol–water partition coefficient (Wildman–Crippen LogP) is 4.01. The normalized spacial score (nSPS) is 11.7. The number of aryl methyl sites for hydroxylation is 1. The van der Waals surface area contributed by atoms with E-state index in [0.29, 0.717) is 16.5 Å². The Morgan fingerprint density at radius 3 is 2.45 bits per heavy atom. The summed E-state index contributed by atoms with van der Waals surface area (Å²) in [6, 6.07) is 14.1. The first-order valence-electron chi connectivity index (χ1n) is 8.98. The number of benzene rings is 2. The Morgan fingerprint density at radius 1 is 1.10 bits per heavy atom. The van der Waals surface area contributed by atoms with Gasteiger partial charge in [-0.15, -0.1) is 10.2 Å². The second kappa shape index (κ2) is 9.34. The average molecular weight is 414 g/mol. The number of nitrogens with one attached hydrogen (secondary N) is 1. The van der Waals surface area contributed by atoms with Crippen LogP contribution in [0.3, 0.4) is 0 Å². The van der Waals surface area contributed by atoms with E-state index < -0.39 is 12.0 Å². The molecule has 7 nitrogen and oxygen atoms in total. The van der Waals surface area contributed by atoms with Crippen molar-refractivity contribution in [2.75, 3.05) is 0 Å². The van der Waals surface area contributed by atoms with E-state index in [-0.39, 0.29) is 24.8 Å². The Bertz CT molecular complexity index is 984. The van der Waals surface area contributed by atoms with Gasteiger partial charge in [0.15, 0.2) is 6.61 Å². The van der Waals surface area contributed by atoms with Crippen molar-refractivity contribution in [3.8, 4) is 11.5 Å². The van der Waals surface area contributed by atoms with Crippen LogP contribution >= 0.6 is 11.6 Å². The molecule has 150 valence electrons. The molecule has 0 bridgehead atoms. The molecule has 1 unspecified atom stereocenters. The summed E-state index contributed by atoms with van der Waals surface area (Å²) >= 11 is 5.86. The topological polar surface area (TPSA) is 94.3 Å². The maximum absolute atomic E-state index is 12.3. The van der Waals surface area contributed by atoms with Gasteiger partial charge in [0.1, 0.15) is 0 Å². The fourth-order valence-corrected chi connectivity index (χ4v) is 2.81. The molecule has 0 spiro atoms. The fraction of sp³-hybridized carbons (Fsp3) is 0.238. The summed E-state index contributed by atoms with van der Waals surface area (Å²) in [5.41, 5.74) is 2.63. The van der Waals surface area contributed by atoms with Crippen molar-refractivity contribution in [1.82, 2.24) is 15.5 Å². The van der Waals surface area contributed by atoms with Gasteiger partial charge in [0.05, 0.1) is 12.5 Å². The highest BCUT2D eigenvalue weighted by atomic mass is 35.5. The first kappa shape index (κ1) is 20.5. The van der Waals surface area contributed by atoms with E-state index in [1.54, 1.807) is 24.3 Å². The van der Waals surface area contributed by atoms with Crippen LogP contribution in [-0.2, 0) is 20.9 Å². The number of hydrogen-bond donors (Lipinski definition) is 1. The summed E-state index contributed by atoms with van der Waals surface area (Å²) in [6.07, 6.45) is -0.0131. The quantitative estimate of drug-likeness (QED) is 0.588. The molecule has 2 aromatic carbocycles. The highest BCUT2D eigenvalue weighted by Crippen LogP contribution is 2.21. The summed E-state index contributed by atoms with van der Waals surface area (Å²) in [7, 11) is 0. The molecule has 0 saturated carbocycles. The SMILES string of the molecule is CC(=O)NC(CC(=O)OCc1nnc(-c2ccc(Cl)cc2)o1)c1ccc(C)cc1. The third-order valence-electron chi connectivity index (χ3n) is 4.14. The predicted molar refractivity (Wildman–Crippen MR) is 107 cm³/mol. The van der Waals surface area contributed by atoms with Crippen LogP contribution in [0.2, 0.25) is 5.02 Å². The maximum Gasteiger partial charge on any atom is 0.308 e. The molecule has 0 aliphatic carbocycles. The lowest BCUT2D eigenvalue weighted by Crippen LogP contribution is -2.28. The molecule has 8 heteroatoms. The molecule has 1 atom stereocenters. The van der Waals surface area contributed by atoms with Crippen molar-refractivity contribution in [1.29, 1.82) is 0 Å². The Hall–Kier alpha value is -3.19. The molecule has 1 aromatic heterocycles. The minimum atomic E-state index is -0.490. The van der Waals surface area contributed by atoms with Gasteiger partial charge in [0, 0.05) is 17.5 Å². The van der Waals surface area contributed by atoms with E-state index in [4.69, 9.17) is 20.8 Å². The summed E-state index contributed by atoms with van der Waals surface area (Å²) in [6.45, 7) is 3.22. The number of carbonyl (C=O) groups excluding carboxylic acids is 2. The maximum atomic E-state index is 12.3. The molecule has 1 N–H and O–H groups in total. The summed E-state index contributed by atoms with van der Waals surface area (Å²) in [4.78, 5) is 23.8. The Labute approximate surface area is 173 Å². The molecule has 0 radical (unpaired) electrons. The lowest BCUT2D eigenvalue weighted by molar-refractivity contribution is -0.146. The lowest BCUT2D eigenvalue weighted by Gasteiger charge is -2.17. The van der Waals surface area contributed by atoms with E-state index in [2.05, 4.69) is 15.5 Å². The third-order valence-corrected chi connectivity index (χ3v) is 4.39. The first-order chi connectivity index (χ1) is 13.9. The molecule has 3 rings (SSSR count).